The van der Waals surface area contributed by atoms with Gasteiger partial charge in [0.2, 0.25) is 5.91 Å². The summed E-state index contributed by atoms with van der Waals surface area (Å²) in [4.78, 5) is 24.5. The maximum absolute atomic E-state index is 12.4. The second-order valence-electron chi connectivity index (χ2n) is 21.4. The minimum absolute atomic E-state index is 0.0137. The molecule has 0 saturated heterocycles. The number of esters is 1. The highest BCUT2D eigenvalue weighted by atomic mass is 16.5. The number of carbonyl (C=O) groups excluding carboxylic acids is 2. The third-order valence-corrected chi connectivity index (χ3v) is 14.6. The average Bonchev–Trinajstić information content (AvgIpc) is 3.34. The minimum atomic E-state index is -0.845. The van der Waals surface area contributed by atoms with E-state index in [0.717, 1.165) is 38.5 Å². The Morgan fingerprint density at radius 1 is 0.397 bits per heavy atom. The number of nitrogens with one attached hydrogen (secondary N) is 1. The number of rotatable bonds is 58. The number of aliphatic hydroxyl groups excluding tert-OH is 2. The van der Waals surface area contributed by atoms with Gasteiger partial charge in [0.25, 0.3) is 0 Å². The molecule has 0 aliphatic carbocycles. The predicted molar refractivity (Wildman–Crippen MR) is 297 cm³/mol. The first kappa shape index (κ1) is 66.6. The van der Waals surface area contributed by atoms with Gasteiger partial charge in [0.1, 0.15) is 0 Å². The molecule has 0 radical (unpaired) electrons. The summed E-state index contributed by atoms with van der Waals surface area (Å²) in [5.74, 6) is -0.0557. The normalized spacial score (nSPS) is 12.6. The summed E-state index contributed by atoms with van der Waals surface area (Å²) in [6.07, 6.45) is 69.6. The van der Waals surface area contributed by atoms with Gasteiger partial charge < -0.3 is 20.3 Å². The van der Waals surface area contributed by atoms with Crippen molar-refractivity contribution in [3.8, 4) is 0 Å². The summed E-state index contributed by atoms with van der Waals surface area (Å²) >= 11 is 0. The van der Waals surface area contributed by atoms with Gasteiger partial charge in [-0.3, -0.25) is 9.59 Å². The Kier molecular flexibility index (Phi) is 57.0. The molecule has 0 spiro atoms. The summed E-state index contributed by atoms with van der Waals surface area (Å²) in [5.41, 5.74) is 0. The molecular formula is C62H121NO5. The van der Waals surface area contributed by atoms with Crippen LogP contribution in [0.5, 0.6) is 0 Å². The molecule has 404 valence electrons. The summed E-state index contributed by atoms with van der Waals surface area (Å²) in [7, 11) is 0. The van der Waals surface area contributed by atoms with E-state index in [0.29, 0.717) is 19.4 Å². The SMILES string of the molecule is CCCCCCCCCCCCC/C=C/C(O)C(CO)NC(=O)CCCCCCCCCCCCCCCCCCCCCOC(=O)CCCCCCCCCCCCCCCCCCCCC. The first-order valence-electron chi connectivity index (χ1n) is 31.0. The van der Waals surface area contributed by atoms with Crippen molar-refractivity contribution in [1.82, 2.24) is 5.32 Å². The lowest BCUT2D eigenvalue weighted by Gasteiger charge is -2.20. The van der Waals surface area contributed by atoms with Crippen molar-refractivity contribution >= 4 is 11.9 Å². The van der Waals surface area contributed by atoms with E-state index in [1.807, 2.05) is 6.08 Å². The van der Waals surface area contributed by atoms with Crippen molar-refractivity contribution < 1.29 is 24.5 Å². The Morgan fingerprint density at radius 2 is 0.676 bits per heavy atom. The number of ether oxygens (including phenoxy) is 1. The Morgan fingerprint density at radius 3 is 1.00 bits per heavy atom. The van der Waals surface area contributed by atoms with E-state index < -0.39 is 12.1 Å². The first-order chi connectivity index (χ1) is 33.5. The third kappa shape index (κ3) is 53.9. The zero-order chi connectivity index (χ0) is 49.3. The Balaban J connectivity index is 3.37. The van der Waals surface area contributed by atoms with E-state index >= 15 is 0 Å². The topological polar surface area (TPSA) is 95.9 Å². The molecule has 1 amide bonds. The number of carbonyl (C=O) groups is 2. The van der Waals surface area contributed by atoms with Crippen LogP contribution in [-0.2, 0) is 14.3 Å². The molecular weight excluding hydrogens is 839 g/mol. The number of aliphatic hydroxyl groups is 2. The molecule has 0 rings (SSSR count). The molecule has 0 fully saturated rings. The van der Waals surface area contributed by atoms with Gasteiger partial charge in [0.05, 0.1) is 25.4 Å². The van der Waals surface area contributed by atoms with Crippen LogP contribution in [0, 0.1) is 0 Å². The van der Waals surface area contributed by atoms with Crippen LogP contribution in [0.4, 0.5) is 0 Å². The number of hydrogen-bond donors (Lipinski definition) is 3. The monoisotopic (exact) mass is 960 g/mol. The lowest BCUT2D eigenvalue weighted by Crippen LogP contribution is -2.45. The van der Waals surface area contributed by atoms with Crippen LogP contribution in [0.2, 0.25) is 0 Å². The molecule has 0 aromatic carbocycles. The van der Waals surface area contributed by atoms with Gasteiger partial charge in [-0.25, -0.2) is 0 Å². The summed E-state index contributed by atoms with van der Waals surface area (Å²) in [5, 5.41) is 23.1. The fraction of sp³-hybridized carbons (Fsp3) is 0.935. The molecule has 0 saturated carbocycles. The zero-order valence-corrected chi connectivity index (χ0v) is 46.1. The van der Waals surface area contributed by atoms with Crippen LogP contribution < -0.4 is 5.32 Å². The van der Waals surface area contributed by atoms with Crippen molar-refractivity contribution in [2.45, 2.75) is 360 Å². The van der Waals surface area contributed by atoms with Gasteiger partial charge in [-0.1, -0.05) is 315 Å². The molecule has 2 atom stereocenters. The molecule has 0 aliphatic rings. The van der Waals surface area contributed by atoms with Gasteiger partial charge in [-0.2, -0.15) is 0 Å². The minimum Gasteiger partial charge on any atom is -0.466 e. The molecule has 0 heterocycles. The fourth-order valence-corrected chi connectivity index (χ4v) is 9.81. The number of unbranched alkanes of at least 4 members (excludes halogenated alkanes) is 47. The van der Waals surface area contributed by atoms with E-state index in [1.54, 1.807) is 6.08 Å². The van der Waals surface area contributed by atoms with E-state index in [1.165, 1.54) is 283 Å². The summed E-state index contributed by atoms with van der Waals surface area (Å²) < 4.78 is 5.50. The molecule has 68 heavy (non-hydrogen) atoms. The molecule has 2 unspecified atom stereocenters. The maximum atomic E-state index is 12.4. The van der Waals surface area contributed by atoms with Crippen LogP contribution in [0.25, 0.3) is 0 Å². The molecule has 0 bridgehead atoms. The second-order valence-corrected chi connectivity index (χ2v) is 21.4. The second kappa shape index (κ2) is 58.2. The van der Waals surface area contributed by atoms with Gasteiger partial charge >= 0.3 is 5.97 Å². The smallest absolute Gasteiger partial charge is 0.305 e. The van der Waals surface area contributed by atoms with Crippen molar-refractivity contribution in [3.05, 3.63) is 12.2 Å². The van der Waals surface area contributed by atoms with Gasteiger partial charge in [0.15, 0.2) is 0 Å². The lowest BCUT2D eigenvalue weighted by atomic mass is 10.0. The van der Waals surface area contributed by atoms with E-state index in [9.17, 15) is 19.8 Å². The fourth-order valence-electron chi connectivity index (χ4n) is 9.81. The van der Waals surface area contributed by atoms with Crippen LogP contribution >= 0.6 is 0 Å². The van der Waals surface area contributed by atoms with E-state index in [2.05, 4.69) is 19.2 Å². The highest BCUT2D eigenvalue weighted by Gasteiger charge is 2.18. The van der Waals surface area contributed by atoms with Crippen LogP contribution in [0.15, 0.2) is 12.2 Å². The largest absolute Gasteiger partial charge is 0.466 e. The standard InChI is InChI=1S/C62H121NO5/c1-3-5-7-9-11-13-15-17-18-19-21-25-28-32-36-40-44-48-52-56-62(67)68-57-53-49-45-41-37-33-29-26-23-20-22-24-27-31-35-39-43-47-51-55-61(66)63-59(58-64)60(65)54-50-46-42-38-34-30-16-14-12-10-8-6-4-2/h50,54,59-60,64-65H,3-49,51-53,55-58H2,1-2H3,(H,63,66)/b54-50+. The summed E-state index contributed by atoms with van der Waals surface area (Å²) in [6.45, 7) is 4.92. The van der Waals surface area contributed by atoms with Crippen LogP contribution in [0.1, 0.15) is 348 Å². The summed E-state index contributed by atoms with van der Waals surface area (Å²) in [6, 6.07) is -0.628. The Bertz CT molecular complexity index is 1020. The maximum Gasteiger partial charge on any atom is 0.305 e. The number of hydrogen-bond acceptors (Lipinski definition) is 5. The van der Waals surface area contributed by atoms with Gasteiger partial charge in [0, 0.05) is 12.8 Å². The molecule has 0 aromatic rings. The average molecular weight is 961 g/mol. The third-order valence-electron chi connectivity index (χ3n) is 14.6. The van der Waals surface area contributed by atoms with Crippen LogP contribution in [0.3, 0.4) is 0 Å². The predicted octanol–water partition coefficient (Wildman–Crippen LogP) is 19.2. The van der Waals surface area contributed by atoms with Crippen molar-refractivity contribution in [2.24, 2.45) is 0 Å². The first-order valence-corrected chi connectivity index (χ1v) is 31.0. The number of amides is 1. The highest BCUT2D eigenvalue weighted by molar-refractivity contribution is 5.76. The molecule has 3 N–H and O–H groups in total. The Hall–Kier alpha value is -1.40. The van der Waals surface area contributed by atoms with Crippen LogP contribution in [-0.4, -0.2) is 47.4 Å². The van der Waals surface area contributed by atoms with Crippen molar-refractivity contribution in [1.29, 1.82) is 0 Å². The molecule has 6 nitrogen and oxygen atoms in total. The van der Waals surface area contributed by atoms with Crippen molar-refractivity contribution in [2.75, 3.05) is 13.2 Å². The quantitative estimate of drug-likeness (QED) is 0.0321. The van der Waals surface area contributed by atoms with E-state index in [4.69, 9.17) is 4.74 Å². The Labute approximate surface area is 425 Å². The van der Waals surface area contributed by atoms with E-state index in [-0.39, 0.29) is 18.5 Å². The molecule has 6 heteroatoms. The highest BCUT2D eigenvalue weighted by Crippen LogP contribution is 2.18. The lowest BCUT2D eigenvalue weighted by molar-refractivity contribution is -0.143. The van der Waals surface area contributed by atoms with Gasteiger partial charge in [-0.15, -0.1) is 0 Å². The van der Waals surface area contributed by atoms with Crippen molar-refractivity contribution in [3.63, 3.8) is 0 Å². The molecule has 0 aliphatic heterocycles. The van der Waals surface area contributed by atoms with Gasteiger partial charge in [-0.05, 0) is 32.1 Å². The zero-order valence-electron chi connectivity index (χ0n) is 46.1. The molecule has 0 aromatic heterocycles. The number of allylic oxidation sites excluding steroid dienone is 1.